The standard InChI is InChI=1S/C22H23FN2O5S/c1-12-16-10-14(6-7-15(16)19(26)30-25-12)24-20(27)22(28,31)11-21(2,3)17-9-13(23)5-8-18(17)29-4/h5-10,28,31H,11H2,1-4H3,(H,24,27). The lowest BCUT2D eigenvalue weighted by atomic mass is 9.78. The number of nitrogens with zero attached hydrogens (tertiary/aromatic N) is 1. The lowest BCUT2D eigenvalue weighted by molar-refractivity contribution is -0.127. The minimum absolute atomic E-state index is 0.132. The Labute approximate surface area is 183 Å². The van der Waals surface area contributed by atoms with Crippen LogP contribution in [0, 0.1) is 12.7 Å². The first-order valence-corrected chi connectivity index (χ1v) is 9.90. The predicted molar refractivity (Wildman–Crippen MR) is 118 cm³/mol. The summed E-state index contributed by atoms with van der Waals surface area (Å²) in [6.07, 6.45) is -0.132. The third kappa shape index (κ3) is 4.72. The molecule has 1 heterocycles. The van der Waals surface area contributed by atoms with Gasteiger partial charge >= 0.3 is 5.63 Å². The molecular formula is C22H23FN2O5S. The molecule has 0 aliphatic heterocycles. The van der Waals surface area contributed by atoms with Crippen molar-refractivity contribution in [2.24, 2.45) is 0 Å². The van der Waals surface area contributed by atoms with Gasteiger partial charge in [-0.3, -0.25) is 4.79 Å². The molecule has 1 aromatic heterocycles. The van der Waals surface area contributed by atoms with Crippen molar-refractivity contribution in [1.29, 1.82) is 0 Å². The molecule has 0 saturated heterocycles. The van der Waals surface area contributed by atoms with Crippen LogP contribution in [-0.2, 0) is 10.2 Å². The highest BCUT2D eigenvalue weighted by atomic mass is 32.1. The van der Waals surface area contributed by atoms with Crippen molar-refractivity contribution < 1.29 is 23.6 Å². The fourth-order valence-electron chi connectivity index (χ4n) is 3.54. The van der Waals surface area contributed by atoms with E-state index in [1.54, 1.807) is 26.8 Å². The summed E-state index contributed by atoms with van der Waals surface area (Å²) in [6.45, 7) is 5.17. The summed E-state index contributed by atoms with van der Waals surface area (Å²) in [7, 11) is 1.46. The molecule has 9 heteroatoms. The van der Waals surface area contributed by atoms with Gasteiger partial charge in [-0.2, -0.15) is 0 Å². The fourth-order valence-corrected chi connectivity index (χ4v) is 3.99. The van der Waals surface area contributed by atoms with Gasteiger partial charge in [0.1, 0.15) is 11.6 Å². The van der Waals surface area contributed by atoms with Crippen molar-refractivity contribution in [3.63, 3.8) is 0 Å². The van der Waals surface area contributed by atoms with E-state index in [1.165, 1.54) is 37.4 Å². The van der Waals surface area contributed by atoms with Gasteiger partial charge in [0.15, 0.2) is 4.93 Å². The number of amides is 1. The number of hydrogen-bond donors (Lipinski definition) is 3. The number of thiol groups is 1. The summed E-state index contributed by atoms with van der Waals surface area (Å²) < 4.78 is 23.8. The first-order valence-electron chi connectivity index (χ1n) is 9.45. The van der Waals surface area contributed by atoms with Crippen LogP contribution in [0.4, 0.5) is 10.1 Å². The van der Waals surface area contributed by atoms with Crippen LogP contribution in [-0.4, -0.2) is 28.2 Å². The number of halogens is 1. The average Bonchev–Trinajstić information content (AvgIpc) is 2.70. The van der Waals surface area contributed by atoms with Gasteiger partial charge in [0.2, 0.25) is 0 Å². The van der Waals surface area contributed by atoms with Gasteiger partial charge in [-0.15, -0.1) is 12.6 Å². The Hall–Kier alpha value is -2.91. The Kier molecular flexibility index (Phi) is 6.11. The van der Waals surface area contributed by atoms with Crippen LogP contribution in [0.25, 0.3) is 10.8 Å². The monoisotopic (exact) mass is 446 g/mol. The SMILES string of the molecule is COc1ccc(F)cc1C(C)(C)CC(O)(S)C(=O)Nc1ccc2c(=O)onc(C)c2c1. The Morgan fingerprint density at radius 2 is 1.97 bits per heavy atom. The number of fused-ring (bicyclic) bond motifs is 1. The number of nitrogens with one attached hydrogen (secondary N) is 1. The Morgan fingerprint density at radius 1 is 1.26 bits per heavy atom. The second-order valence-corrected chi connectivity index (χ2v) is 8.73. The Balaban J connectivity index is 1.86. The van der Waals surface area contributed by atoms with Gasteiger partial charge in [0.05, 0.1) is 18.2 Å². The molecule has 0 aliphatic carbocycles. The summed E-state index contributed by atoms with van der Waals surface area (Å²) in [5.41, 5.74) is -0.124. The smallest absolute Gasteiger partial charge is 0.366 e. The van der Waals surface area contributed by atoms with Crippen molar-refractivity contribution in [2.75, 3.05) is 12.4 Å². The van der Waals surface area contributed by atoms with E-state index in [1.807, 2.05) is 0 Å². The molecule has 0 spiro atoms. The molecule has 7 nitrogen and oxygen atoms in total. The minimum Gasteiger partial charge on any atom is -0.496 e. The van der Waals surface area contributed by atoms with Crippen molar-refractivity contribution in [1.82, 2.24) is 5.16 Å². The highest BCUT2D eigenvalue weighted by Crippen LogP contribution is 2.39. The summed E-state index contributed by atoms with van der Waals surface area (Å²) >= 11 is 4.19. The molecule has 3 rings (SSSR count). The molecule has 0 fully saturated rings. The largest absolute Gasteiger partial charge is 0.496 e. The summed E-state index contributed by atoms with van der Waals surface area (Å²) in [6, 6.07) is 8.66. The van der Waals surface area contributed by atoms with E-state index in [2.05, 4.69) is 27.6 Å². The molecule has 0 saturated carbocycles. The number of aromatic nitrogens is 1. The molecule has 1 amide bonds. The highest BCUT2D eigenvalue weighted by Gasteiger charge is 2.40. The molecule has 31 heavy (non-hydrogen) atoms. The van der Waals surface area contributed by atoms with E-state index in [4.69, 9.17) is 4.74 Å². The third-order valence-electron chi connectivity index (χ3n) is 5.10. The second-order valence-electron chi connectivity index (χ2n) is 7.99. The topological polar surface area (TPSA) is 102 Å². The third-order valence-corrected chi connectivity index (χ3v) is 5.46. The van der Waals surface area contributed by atoms with E-state index >= 15 is 0 Å². The van der Waals surface area contributed by atoms with Crippen LogP contribution < -0.4 is 15.7 Å². The van der Waals surface area contributed by atoms with Crippen LogP contribution in [0.2, 0.25) is 0 Å². The number of carbonyl (C=O) groups is 1. The van der Waals surface area contributed by atoms with Crippen molar-refractivity contribution in [3.8, 4) is 5.75 Å². The number of aryl methyl sites for hydroxylation is 1. The van der Waals surface area contributed by atoms with E-state index in [-0.39, 0.29) is 6.42 Å². The molecule has 0 radical (unpaired) electrons. The summed E-state index contributed by atoms with van der Waals surface area (Å²) in [5.74, 6) is -0.792. The predicted octanol–water partition coefficient (Wildman–Crippen LogP) is 3.57. The van der Waals surface area contributed by atoms with Crippen LogP contribution in [0.15, 0.2) is 45.7 Å². The maximum absolute atomic E-state index is 13.8. The molecule has 3 aromatic rings. The van der Waals surface area contributed by atoms with Crippen molar-refractivity contribution >= 4 is 35.0 Å². The van der Waals surface area contributed by atoms with Gasteiger partial charge in [-0.05, 0) is 48.7 Å². The zero-order valence-electron chi connectivity index (χ0n) is 17.5. The number of rotatable bonds is 6. The van der Waals surface area contributed by atoms with E-state index < -0.39 is 27.7 Å². The number of ether oxygens (including phenoxy) is 1. The molecule has 2 N–H and O–H groups in total. The molecule has 1 unspecified atom stereocenters. The second kappa shape index (κ2) is 8.32. The number of hydrogen-bond acceptors (Lipinski definition) is 7. The number of benzene rings is 2. The van der Waals surface area contributed by atoms with Crippen LogP contribution in [0.1, 0.15) is 31.5 Å². The number of methoxy groups -OCH3 is 1. The average molecular weight is 447 g/mol. The van der Waals surface area contributed by atoms with Gasteiger partial charge < -0.3 is 19.7 Å². The molecular weight excluding hydrogens is 423 g/mol. The van der Waals surface area contributed by atoms with Crippen molar-refractivity contribution in [2.45, 2.75) is 37.5 Å². The summed E-state index contributed by atoms with van der Waals surface area (Å²) in [4.78, 5) is 22.5. The lowest BCUT2D eigenvalue weighted by Crippen LogP contribution is -2.42. The normalized spacial score (nSPS) is 13.6. The molecule has 1 atom stereocenters. The lowest BCUT2D eigenvalue weighted by Gasteiger charge is -2.33. The minimum atomic E-state index is -2.08. The number of carbonyl (C=O) groups excluding carboxylic acids is 1. The molecule has 164 valence electrons. The van der Waals surface area contributed by atoms with Crippen molar-refractivity contribution in [3.05, 3.63) is 63.9 Å². The zero-order chi connectivity index (χ0) is 23.0. The maximum atomic E-state index is 13.8. The van der Waals surface area contributed by atoms with E-state index in [0.717, 1.165) is 0 Å². The van der Waals surface area contributed by atoms with Crippen LogP contribution in [0.5, 0.6) is 5.75 Å². The number of anilines is 1. The first kappa shape index (κ1) is 22.8. The quantitative estimate of drug-likeness (QED) is 0.395. The van der Waals surface area contributed by atoms with E-state index in [9.17, 15) is 19.1 Å². The highest BCUT2D eigenvalue weighted by molar-refractivity contribution is 7.82. The van der Waals surface area contributed by atoms with Crippen LogP contribution in [0.3, 0.4) is 0 Å². The molecule has 0 aliphatic rings. The maximum Gasteiger partial charge on any atom is 0.366 e. The first-order chi connectivity index (χ1) is 14.4. The zero-order valence-corrected chi connectivity index (χ0v) is 18.4. The van der Waals surface area contributed by atoms with Crippen LogP contribution >= 0.6 is 12.6 Å². The van der Waals surface area contributed by atoms with E-state index in [0.29, 0.717) is 33.5 Å². The number of aliphatic hydroxyl groups is 1. The fraction of sp³-hybridized carbons (Fsp3) is 0.318. The molecule has 2 aromatic carbocycles. The van der Waals surface area contributed by atoms with Gasteiger partial charge in [0, 0.05) is 23.1 Å². The molecule has 0 bridgehead atoms. The summed E-state index contributed by atoms with van der Waals surface area (Å²) in [5, 5.41) is 17.9. The van der Waals surface area contributed by atoms with Gasteiger partial charge in [-0.25, -0.2) is 9.18 Å². The van der Waals surface area contributed by atoms with Gasteiger partial charge in [-0.1, -0.05) is 19.0 Å². The Morgan fingerprint density at radius 3 is 2.65 bits per heavy atom. The Bertz CT molecular complexity index is 1210. The van der Waals surface area contributed by atoms with Gasteiger partial charge in [0.25, 0.3) is 5.91 Å².